The molecule has 30 heavy (non-hydrogen) atoms. The van der Waals surface area contributed by atoms with Crippen molar-refractivity contribution >= 4 is 28.6 Å². The number of pyridine rings is 1. The van der Waals surface area contributed by atoms with E-state index in [1.54, 1.807) is 0 Å². The van der Waals surface area contributed by atoms with Crippen LogP contribution in [0.15, 0.2) is 48.7 Å². The number of nitrogens with zero attached hydrogens (tertiary/aromatic N) is 3. The second kappa shape index (κ2) is 8.00. The Balaban J connectivity index is 1.79. The third-order valence-electron chi connectivity index (χ3n) is 6.34. The van der Waals surface area contributed by atoms with Gasteiger partial charge in [-0.25, -0.2) is 0 Å². The summed E-state index contributed by atoms with van der Waals surface area (Å²) in [6.07, 6.45) is 4.83. The van der Waals surface area contributed by atoms with Crippen LogP contribution in [-0.2, 0) is 0 Å². The van der Waals surface area contributed by atoms with Gasteiger partial charge in [0.25, 0.3) is 0 Å². The van der Waals surface area contributed by atoms with Gasteiger partial charge >= 0.3 is 0 Å². The highest BCUT2D eigenvalue weighted by Gasteiger charge is 2.40. The van der Waals surface area contributed by atoms with Gasteiger partial charge in [-0.15, -0.1) is 0 Å². The molecule has 0 aliphatic carbocycles. The number of rotatable bonds is 5. The predicted molar refractivity (Wildman–Crippen MR) is 126 cm³/mol. The van der Waals surface area contributed by atoms with E-state index in [9.17, 15) is 5.11 Å². The molecule has 0 unspecified atom stereocenters. The van der Waals surface area contributed by atoms with E-state index >= 15 is 0 Å². The quantitative estimate of drug-likeness (QED) is 0.709. The van der Waals surface area contributed by atoms with Gasteiger partial charge in [0.15, 0.2) is 5.11 Å². The molecule has 2 aliphatic heterocycles. The summed E-state index contributed by atoms with van der Waals surface area (Å²) in [5.74, 6) is 0. The maximum Gasteiger partial charge on any atom is 0.170 e. The van der Waals surface area contributed by atoms with Crippen LogP contribution in [0.5, 0.6) is 0 Å². The van der Waals surface area contributed by atoms with Crippen molar-refractivity contribution < 1.29 is 5.11 Å². The number of aromatic nitrogens is 1. The number of nitrogens with one attached hydrogen (secondary N) is 1. The predicted octanol–water partition coefficient (Wildman–Crippen LogP) is 4.07. The second-order valence-electron chi connectivity index (χ2n) is 8.71. The topological polar surface area (TPSA) is 51.6 Å². The highest BCUT2D eigenvalue weighted by atomic mass is 32.1. The zero-order valence-corrected chi connectivity index (χ0v) is 18.9. The first kappa shape index (κ1) is 20.8. The summed E-state index contributed by atoms with van der Waals surface area (Å²) in [7, 11) is 2.15. The Kier molecular flexibility index (Phi) is 5.55. The van der Waals surface area contributed by atoms with Crippen LogP contribution in [0.1, 0.15) is 56.1 Å². The van der Waals surface area contributed by atoms with E-state index in [1.165, 1.54) is 22.4 Å². The molecular weight excluding hydrogens is 392 g/mol. The number of benzene rings is 1. The first-order valence-electron chi connectivity index (χ1n) is 10.5. The maximum absolute atomic E-state index is 9.41. The van der Waals surface area contributed by atoms with E-state index in [-0.39, 0.29) is 24.2 Å². The van der Waals surface area contributed by atoms with Crippen LogP contribution in [0, 0.1) is 0 Å². The Hall–Kier alpha value is -2.44. The Labute approximate surface area is 184 Å². The maximum atomic E-state index is 9.41. The lowest BCUT2D eigenvalue weighted by atomic mass is 9.86. The van der Waals surface area contributed by atoms with E-state index in [0.717, 1.165) is 5.69 Å². The van der Waals surface area contributed by atoms with Crippen molar-refractivity contribution in [2.24, 2.45) is 0 Å². The Morgan fingerprint density at radius 3 is 2.73 bits per heavy atom. The molecule has 5 nitrogen and oxygen atoms in total. The molecular formula is C24H30N4OS. The normalized spacial score (nSPS) is 22.6. The Bertz CT molecular complexity index is 972. The van der Waals surface area contributed by atoms with Crippen LogP contribution in [-0.4, -0.2) is 45.8 Å². The van der Waals surface area contributed by atoms with Gasteiger partial charge in [0.05, 0.1) is 23.3 Å². The highest BCUT2D eigenvalue weighted by Crippen LogP contribution is 2.43. The van der Waals surface area contributed by atoms with Crippen LogP contribution in [0.4, 0.5) is 5.69 Å². The number of thiocarbonyl (C=S) groups is 1. The molecule has 1 aromatic heterocycles. The Morgan fingerprint density at radius 1 is 1.23 bits per heavy atom. The number of hydrogen-bond donors (Lipinski definition) is 2. The lowest BCUT2D eigenvalue weighted by molar-refractivity contribution is 0.247. The molecule has 0 radical (unpaired) electrons. The molecule has 0 saturated carbocycles. The lowest BCUT2D eigenvalue weighted by Gasteiger charge is -2.41. The smallest absolute Gasteiger partial charge is 0.170 e. The fourth-order valence-electron chi connectivity index (χ4n) is 4.61. The van der Waals surface area contributed by atoms with Crippen molar-refractivity contribution in [3.05, 3.63) is 65.5 Å². The van der Waals surface area contributed by atoms with Crippen LogP contribution >= 0.6 is 12.2 Å². The molecule has 2 aromatic rings. The van der Waals surface area contributed by atoms with Crippen molar-refractivity contribution in [1.29, 1.82) is 0 Å². The largest absolute Gasteiger partial charge is 0.396 e. The molecule has 0 spiro atoms. The fraction of sp³-hybridized carbons (Fsp3) is 0.417. The second-order valence-corrected chi connectivity index (χ2v) is 9.10. The summed E-state index contributed by atoms with van der Waals surface area (Å²) in [4.78, 5) is 9.13. The molecule has 1 saturated heterocycles. The van der Waals surface area contributed by atoms with E-state index in [0.29, 0.717) is 18.1 Å². The zero-order valence-electron chi connectivity index (χ0n) is 18.1. The number of aliphatic hydroxyl groups is 1. The number of aliphatic hydroxyl groups excluding tert-OH is 1. The van der Waals surface area contributed by atoms with Gasteiger partial charge in [0, 0.05) is 37.6 Å². The van der Waals surface area contributed by atoms with Gasteiger partial charge in [0.1, 0.15) is 0 Å². The van der Waals surface area contributed by atoms with Crippen molar-refractivity contribution in [1.82, 2.24) is 15.2 Å². The monoisotopic (exact) mass is 422 g/mol. The van der Waals surface area contributed by atoms with Crippen molar-refractivity contribution in [2.45, 2.75) is 44.8 Å². The van der Waals surface area contributed by atoms with E-state index in [2.05, 4.69) is 72.2 Å². The van der Waals surface area contributed by atoms with Gasteiger partial charge in [-0.2, -0.15) is 0 Å². The number of hydrogen-bond acceptors (Lipinski definition) is 4. The number of fused-ring (bicyclic) bond motifs is 1. The van der Waals surface area contributed by atoms with Crippen LogP contribution in [0.3, 0.4) is 0 Å². The minimum Gasteiger partial charge on any atom is -0.396 e. The first-order valence-corrected chi connectivity index (χ1v) is 10.9. The van der Waals surface area contributed by atoms with E-state index < -0.39 is 0 Å². The molecule has 2 atom stereocenters. The SMILES string of the molecule is CC1=CC(C)(C)N(C)c2ccc([C@@H]3[C@@H](c4ccccn4)NC(=S)N3CCCO)cc21. The third-order valence-corrected chi connectivity index (χ3v) is 6.69. The average molecular weight is 423 g/mol. The van der Waals surface area contributed by atoms with Gasteiger partial charge in [0.2, 0.25) is 0 Å². The minimum absolute atomic E-state index is 0.0151. The lowest BCUT2D eigenvalue weighted by Crippen LogP contribution is -2.42. The average Bonchev–Trinajstić information content (AvgIpc) is 3.06. The van der Waals surface area contributed by atoms with Crippen molar-refractivity contribution in [3.8, 4) is 0 Å². The first-order chi connectivity index (χ1) is 14.3. The van der Waals surface area contributed by atoms with Crippen LogP contribution in [0.25, 0.3) is 5.57 Å². The summed E-state index contributed by atoms with van der Waals surface area (Å²) >= 11 is 5.69. The summed E-state index contributed by atoms with van der Waals surface area (Å²) in [5.41, 5.74) is 5.95. The summed E-state index contributed by atoms with van der Waals surface area (Å²) in [5, 5.41) is 13.6. The molecule has 0 amide bonds. The molecule has 1 fully saturated rings. The fourth-order valence-corrected chi connectivity index (χ4v) is 4.94. The standard InChI is InChI=1S/C24H30N4OS/c1-16-15-24(2,3)27(4)20-10-9-17(14-18(16)20)22-21(19-8-5-6-11-25-19)26-23(30)28(22)12-7-13-29/h5-6,8-11,14-15,21-22,29H,7,12-13H2,1-4H3,(H,26,30)/t21-,22-/m1/s1. The van der Waals surface area contributed by atoms with E-state index in [1.807, 2.05) is 24.4 Å². The van der Waals surface area contributed by atoms with Gasteiger partial charge in [-0.1, -0.05) is 18.2 Å². The number of likely N-dealkylation sites (N-methyl/N-ethyl adjacent to an activating group) is 1. The number of allylic oxidation sites excluding steroid dienone is 1. The molecule has 3 heterocycles. The highest BCUT2D eigenvalue weighted by molar-refractivity contribution is 7.80. The van der Waals surface area contributed by atoms with Gasteiger partial charge in [-0.05, 0) is 74.8 Å². The summed E-state index contributed by atoms with van der Waals surface area (Å²) < 4.78 is 0. The van der Waals surface area contributed by atoms with Crippen molar-refractivity contribution in [2.75, 3.05) is 25.1 Å². The van der Waals surface area contributed by atoms with Gasteiger partial charge < -0.3 is 20.2 Å². The third kappa shape index (κ3) is 3.59. The molecule has 2 aliphatic rings. The minimum atomic E-state index is -0.0301. The molecule has 1 aromatic carbocycles. The summed E-state index contributed by atoms with van der Waals surface area (Å²) in [6.45, 7) is 7.51. The van der Waals surface area contributed by atoms with Crippen LogP contribution in [0.2, 0.25) is 0 Å². The number of anilines is 1. The molecule has 0 bridgehead atoms. The molecule has 158 valence electrons. The Morgan fingerprint density at radius 2 is 2.03 bits per heavy atom. The molecule has 2 N–H and O–H groups in total. The summed E-state index contributed by atoms with van der Waals surface area (Å²) in [6, 6.07) is 12.7. The van der Waals surface area contributed by atoms with Crippen molar-refractivity contribution in [3.63, 3.8) is 0 Å². The van der Waals surface area contributed by atoms with Crippen LogP contribution < -0.4 is 10.2 Å². The molecule has 4 rings (SSSR count). The van der Waals surface area contributed by atoms with Gasteiger partial charge in [-0.3, -0.25) is 4.98 Å². The van der Waals surface area contributed by atoms with E-state index in [4.69, 9.17) is 12.2 Å². The molecule has 6 heteroatoms. The zero-order chi connectivity index (χ0) is 21.5.